The molecule has 0 bridgehead atoms. The lowest BCUT2D eigenvalue weighted by Crippen LogP contribution is -2.20. The zero-order valence-electron chi connectivity index (χ0n) is 4.31. The van der Waals surface area contributed by atoms with Gasteiger partial charge in [0.15, 0.2) is 0 Å². The molecule has 0 heterocycles. The fourth-order valence-corrected chi connectivity index (χ4v) is 0.161. The Bertz CT molecular complexity index is 24.9. The summed E-state index contributed by atoms with van der Waals surface area (Å²) in [5, 5.41) is 0. The highest BCUT2D eigenvalue weighted by Gasteiger charge is 1.71. The zero-order valence-corrected chi connectivity index (χ0v) is 5.12. The van der Waals surface area contributed by atoms with Gasteiger partial charge in [-0.05, 0) is 0 Å². The number of hydroxylamine groups is 1. The molecule has 0 aliphatic carbocycles. The van der Waals surface area contributed by atoms with Crippen LogP contribution in [0.2, 0.25) is 0 Å². The Labute approximate surface area is 49.6 Å². The largest absolute Gasteiger partial charge is 0.329 e. The molecule has 46 valence electrons. The van der Waals surface area contributed by atoms with E-state index in [4.69, 9.17) is 5.73 Å². The van der Waals surface area contributed by atoms with E-state index >= 15 is 0 Å². The molecule has 0 amide bonds. The maximum absolute atomic E-state index is 5.07. The first-order valence-electron chi connectivity index (χ1n) is 1.87. The highest BCUT2D eigenvalue weighted by Crippen LogP contribution is 1.47. The van der Waals surface area contributed by atoms with E-state index in [0.717, 1.165) is 6.54 Å². The van der Waals surface area contributed by atoms with Crippen LogP contribution in [-0.2, 0) is 4.84 Å². The molecule has 7 heavy (non-hydrogen) atoms. The van der Waals surface area contributed by atoms with Crippen molar-refractivity contribution in [3.63, 3.8) is 0 Å². The molecule has 0 aliphatic rings. The second kappa shape index (κ2) is 9.48. The number of nitrogens with two attached hydrogens (primary N) is 1. The lowest BCUT2D eigenvalue weighted by molar-refractivity contribution is 0.0943. The van der Waals surface area contributed by atoms with Crippen LogP contribution in [0, 0.1) is 0 Å². The second-order valence-electron chi connectivity index (χ2n) is 0.887. The van der Waals surface area contributed by atoms with Crippen LogP contribution >= 0.6 is 12.4 Å². The van der Waals surface area contributed by atoms with Gasteiger partial charge in [0.2, 0.25) is 0 Å². The monoisotopic (exact) mass is 126 g/mol. The average molecular weight is 127 g/mol. The Balaban J connectivity index is 0. The van der Waals surface area contributed by atoms with E-state index in [2.05, 4.69) is 10.3 Å². The van der Waals surface area contributed by atoms with Crippen LogP contribution in [0.25, 0.3) is 0 Å². The van der Waals surface area contributed by atoms with Gasteiger partial charge >= 0.3 is 0 Å². The van der Waals surface area contributed by atoms with E-state index in [0.29, 0.717) is 6.54 Å². The van der Waals surface area contributed by atoms with Gasteiger partial charge in [0.1, 0.15) is 0 Å². The normalized spacial score (nSPS) is 7.71. The molecule has 0 fully saturated rings. The Morgan fingerprint density at radius 2 is 2.29 bits per heavy atom. The molecule has 3 nitrogen and oxygen atoms in total. The zero-order chi connectivity index (χ0) is 4.83. The molecule has 0 radical (unpaired) electrons. The topological polar surface area (TPSA) is 47.3 Å². The molecule has 0 saturated carbocycles. The van der Waals surface area contributed by atoms with Crippen molar-refractivity contribution in [3.8, 4) is 0 Å². The molecule has 4 heteroatoms. The average Bonchev–Trinajstić information content (AvgIpc) is 1.61. The summed E-state index contributed by atoms with van der Waals surface area (Å²) in [6.45, 7) is 1.34. The van der Waals surface area contributed by atoms with E-state index in [1.807, 2.05) is 0 Å². The van der Waals surface area contributed by atoms with Crippen molar-refractivity contribution in [1.29, 1.82) is 0 Å². The van der Waals surface area contributed by atoms with Crippen LogP contribution in [0.1, 0.15) is 0 Å². The van der Waals surface area contributed by atoms with Crippen LogP contribution in [0.15, 0.2) is 0 Å². The van der Waals surface area contributed by atoms with Crippen LogP contribution in [0.4, 0.5) is 0 Å². The van der Waals surface area contributed by atoms with Gasteiger partial charge in [0.25, 0.3) is 0 Å². The first-order valence-corrected chi connectivity index (χ1v) is 1.87. The van der Waals surface area contributed by atoms with E-state index in [9.17, 15) is 0 Å². The maximum Gasteiger partial charge on any atom is 0.0572 e. The molecule has 0 atom stereocenters. The highest BCUT2D eigenvalue weighted by molar-refractivity contribution is 5.85. The molecule has 0 aromatic heterocycles. The molecule has 3 N–H and O–H groups in total. The van der Waals surface area contributed by atoms with Gasteiger partial charge in [-0.1, -0.05) is 0 Å². The van der Waals surface area contributed by atoms with Crippen molar-refractivity contribution in [1.82, 2.24) is 5.48 Å². The van der Waals surface area contributed by atoms with E-state index in [-0.39, 0.29) is 12.4 Å². The minimum atomic E-state index is 0. The van der Waals surface area contributed by atoms with Crippen LogP contribution in [0.3, 0.4) is 0 Å². The van der Waals surface area contributed by atoms with Gasteiger partial charge in [0, 0.05) is 13.1 Å². The number of halogens is 1. The van der Waals surface area contributed by atoms with E-state index in [1.54, 1.807) is 7.11 Å². The van der Waals surface area contributed by atoms with Crippen LogP contribution in [0.5, 0.6) is 0 Å². The van der Waals surface area contributed by atoms with Crippen molar-refractivity contribution in [3.05, 3.63) is 0 Å². The van der Waals surface area contributed by atoms with Crippen LogP contribution < -0.4 is 11.2 Å². The fourth-order valence-electron chi connectivity index (χ4n) is 0.161. The fraction of sp³-hybridized carbons (Fsp3) is 1.00. The minimum Gasteiger partial charge on any atom is -0.329 e. The van der Waals surface area contributed by atoms with E-state index in [1.165, 1.54) is 0 Å². The Morgan fingerprint density at radius 1 is 1.71 bits per heavy atom. The lowest BCUT2D eigenvalue weighted by atomic mass is 10.7. The van der Waals surface area contributed by atoms with Gasteiger partial charge in [-0.25, -0.2) is 5.48 Å². The third kappa shape index (κ3) is 10.7. The molecule has 0 saturated heterocycles. The van der Waals surface area contributed by atoms with Crippen LogP contribution in [-0.4, -0.2) is 20.2 Å². The summed E-state index contributed by atoms with van der Waals surface area (Å²) in [5.41, 5.74) is 7.64. The molecular weight excluding hydrogens is 115 g/mol. The number of nitrogens with one attached hydrogen (secondary N) is 1. The number of rotatable bonds is 3. The third-order valence-electron chi connectivity index (χ3n) is 0.391. The Morgan fingerprint density at radius 3 is 2.43 bits per heavy atom. The molecule has 0 spiro atoms. The second-order valence-corrected chi connectivity index (χ2v) is 0.887. The predicted octanol–water partition coefficient (Wildman–Crippen LogP) is -0.482. The summed E-state index contributed by atoms with van der Waals surface area (Å²) in [4.78, 5) is 4.45. The first-order chi connectivity index (χ1) is 2.91. The maximum atomic E-state index is 5.07. The lowest BCUT2D eigenvalue weighted by Gasteiger charge is -1.93. The molecule has 0 aliphatic heterocycles. The number of hydrogen-bond donors (Lipinski definition) is 2. The summed E-state index contributed by atoms with van der Waals surface area (Å²) < 4.78 is 0. The van der Waals surface area contributed by atoms with Crippen molar-refractivity contribution in [2.24, 2.45) is 5.73 Å². The van der Waals surface area contributed by atoms with Crippen molar-refractivity contribution in [2.45, 2.75) is 0 Å². The standard InChI is InChI=1S/C3H10N2O.ClH/c1-6-5-3-2-4;/h5H,2-4H2,1H3;1H. The van der Waals surface area contributed by atoms with Gasteiger partial charge in [-0.3, -0.25) is 0 Å². The highest BCUT2D eigenvalue weighted by atomic mass is 35.5. The van der Waals surface area contributed by atoms with Crippen molar-refractivity contribution in [2.75, 3.05) is 20.2 Å². The van der Waals surface area contributed by atoms with Gasteiger partial charge in [-0.2, -0.15) is 0 Å². The third-order valence-corrected chi connectivity index (χ3v) is 0.391. The predicted molar refractivity (Wildman–Crippen MR) is 31.3 cm³/mol. The minimum absolute atomic E-state index is 0. The smallest absolute Gasteiger partial charge is 0.0572 e. The first kappa shape index (κ1) is 10.2. The number of hydrogen-bond acceptors (Lipinski definition) is 3. The summed E-state index contributed by atoms with van der Waals surface area (Å²) >= 11 is 0. The van der Waals surface area contributed by atoms with Crippen molar-refractivity contribution >= 4 is 12.4 Å². The molecule has 0 unspecified atom stereocenters. The SMILES string of the molecule is CONCCN.Cl. The molecule has 0 aromatic rings. The molecule has 0 aromatic carbocycles. The molecular formula is C3H11ClN2O. The van der Waals surface area contributed by atoms with Gasteiger partial charge < -0.3 is 10.6 Å². The quantitative estimate of drug-likeness (QED) is 0.397. The van der Waals surface area contributed by atoms with Crippen molar-refractivity contribution < 1.29 is 4.84 Å². The van der Waals surface area contributed by atoms with E-state index < -0.39 is 0 Å². The summed E-state index contributed by atoms with van der Waals surface area (Å²) in [7, 11) is 1.57. The molecule has 0 rings (SSSR count). The van der Waals surface area contributed by atoms with Gasteiger partial charge in [-0.15, -0.1) is 12.4 Å². The van der Waals surface area contributed by atoms with Gasteiger partial charge in [0.05, 0.1) is 7.11 Å². The Hall–Kier alpha value is 0.170. The Kier molecular flexibility index (Phi) is 13.8. The summed E-state index contributed by atoms with van der Waals surface area (Å²) in [6.07, 6.45) is 0. The summed E-state index contributed by atoms with van der Waals surface area (Å²) in [6, 6.07) is 0. The summed E-state index contributed by atoms with van der Waals surface area (Å²) in [5.74, 6) is 0.